The summed E-state index contributed by atoms with van der Waals surface area (Å²) >= 11 is 0. The van der Waals surface area contributed by atoms with Gasteiger partial charge in [0.1, 0.15) is 4.90 Å². The number of hydrogen-bond acceptors (Lipinski definition) is 4. The van der Waals surface area contributed by atoms with Crippen LogP contribution in [0.25, 0.3) is 0 Å². The number of nitrogens with zero attached hydrogens (tertiary/aromatic N) is 1. The Bertz CT molecular complexity index is 562. The lowest BCUT2D eigenvalue weighted by Crippen LogP contribution is -2.59. The third-order valence-electron chi connectivity index (χ3n) is 4.34. The van der Waals surface area contributed by atoms with Gasteiger partial charge in [0.15, 0.2) is 0 Å². The molecule has 1 aromatic heterocycles. The summed E-state index contributed by atoms with van der Waals surface area (Å²) in [5, 5.41) is 9.99. The highest BCUT2D eigenvalue weighted by molar-refractivity contribution is 7.89. The lowest BCUT2D eigenvalue weighted by atomic mass is 9.70. The van der Waals surface area contributed by atoms with Gasteiger partial charge in [-0.25, -0.2) is 13.1 Å². The van der Waals surface area contributed by atoms with Crippen molar-refractivity contribution in [2.75, 3.05) is 6.54 Å². The summed E-state index contributed by atoms with van der Waals surface area (Å²) in [5.41, 5.74) is 0.774. The van der Waals surface area contributed by atoms with Gasteiger partial charge in [-0.2, -0.15) is 5.10 Å². The van der Waals surface area contributed by atoms with Gasteiger partial charge < -0.3 is 5.32 Å². The van der Waals surface area contributed by atoms with Crippen LogP contribution in [0.2, 0.25) is 0 Å². The molecule has 2 heterocycles. The molecule has 1 aromatic rings. The summed E-state index contributed by atoms with van der Waals surface area (Å²) in [6.07, 6.45) is 6.68. The fraction of sp³-hybridized carbons (Fsp3) is 0.750. The zero-order valence-corrected chi connectivity index (χ0v) is 11.9. The largest absolute Gasteiger partial charge is 0.311 e. The molecule has 1 saturated carbocycles. The predicted octanol–water partition coefficient (Wildman–Crippen LogP) is 0.671. The number of H-pyrrole nitrogens is 1. The van der Waals surface area contributed by atoms with Crippen LogP contribution in [0.5, 0.6) is 0 Å². The van der Waals surface area contributed by atoms with Crippen molar-refractivity contribution in [1.29, 1.82) is 0 Å². The van der Waals surface area contributed by atoms with E-state index in [1.807, 2.05) is 0 Å². The number of piperidine rings is 1. The van der Waals surface area contributed by atoms with Gasteiger partial charge in [0.05, 0.1) is 11.9 Å². The third-order valence-corrected chi connectivity index (χ3v) is 5.97. The number of hydrogen-bond donors (Lipinski definition) is 3. The number of aromatic nitrogens is 2. The van der Waals surface area contributed by atoms with Crippen LogP contribution in [0.4, 0.5) is 0 Å². The molecule has 0 aromatic carbocycles. The maximum absolute atomic E-state index is 12.3. The van der Waals surface area contributed by atoms with Crippen LogP contribution in [-0.4, -0.2) is 36.7 Å². The second-order valence-electron chi connectivity index (χ2n) is 5.73. The first kappa shape index (κ1) is 13.1. The topological polar surface area (TPSA) is 86.9 Å². The van der Waals surface area contributed by atoms with E-state index in [-0.39, 0.29) is 16.5 Å². The summed E-state index contributed by atoms with van der Waals surface area (Å²) in [6, 6.07) is 0.0286. The van der Waals surface area contributed by atoms with Gasteiger partial charge in [-0.15, -0.1) is 0 Å². The second kappa shape index (κ2) is 4.57. The van der Waals surface area contributed by atoms with Crippen LogP contribution in [-0.2, 0) is 10.0 Å². The highest BCUT2D eigenvalue weighted by Gasteiger charge is 2.41. The van der Waals surface area contributed by atoms with E-state index in [0.717, 1.165) is 32.2 Å². The summed E-state index contributed by atoms with van der Waals surface area (Å²) in [5.74, 6) is 0. The highest BCUT2D eigenvalue weighted by atomic mass is 32.2. The molecule has 2 fully saturated rings. The van der Waals surface area contributed by atoms with Crippen LogP contribution in [0.3, 0.4) is 0 Å². The predicted molar refractivity (Wildman–Crippen MR) is 71.3 cm³/mol. The lowest BCUT2D eigenvalue weighted by molar-refractivity contribution is 0.126. The summed E-state index contributed by atoms with van der Waals surface area (Å²) in [7, 11) is -3.45. The number of aryl methyl sites for hydroxylation is 1. The number of nitrogens with one attached hydrogen (secondary N) is 3. The van der Waals surface area contributed by atoms with Crippen LogP contribution >= 0.6 is 0 Å². The van der Waals surface area contributed by atoms with E-state index in [1.165, 1.54) is 12.6 Å². The van der Waals surface area contributed by atoms with Gasteiger partial charge >= 0.3 is 0 Å². The van der Waals surface area contributed by atoms with Crippen molar-refractivity contribution < 1.29 is 8.42 Å². The maximum Gasteiger partial charge on any atom is 0.244 e. The summed E-state index contributed by atoms with van der Waals surface area (Å²) in [4.78, 5) is 0.258. The molecule has 1 saturated heterocycles. The molecule has 1 aliphatic carbocycles. The molecular weight excluding hydrogens is 264 g/mol. The minimum absolute atomic E-state index is 0.0286. The Morgan fingerprint density at radius 3 is 2.84 bits per heavy atom. The smallest absolute Gasteiger partial charge is 0.244 e. The van der Waals surface area contributed by atoms with Gasteiger partial charge in [-0.1, -0.05) is 0 Å². The van der Waals surface area contributed by atoms with Crippen LogP contribution in [0.15, 0.2) is 11.1 Å². The monoisotopic (exact) mass is 284 g/mol. The van der Waals surface area contributed by atoms with E-state index >= 15 is 0 Å². The quantitative estimate of drug-likeness (QED) is 0.761. The maximum atomic E-state index is 12.3. The van der Waals surface area contributed by atoms with Crippen LogP contribution in [0.1, 0.15) is 37.8 Å². The Kier molecular flexibility index (Phi) is 3.15. The number of aromatic amines is 1. The molecule has 0 amide bonds. The van der Waals surface area contributed by atoms with Crippen molar-refractivity contribution in [3.05, 3.63) is 11.9 Å². The molecule has 0 bridgehead atoms. The fourth-order valence-electron chi connectivity index (χ4n) is 3.14. The molecule has 19 heavy (non-hydrogen) atoms. The van der Waals surface area contributed by atoms with E-state index in [1.54, 1.807) is 6.92 Å². The highest BCUT2D eigenvalue weighted by Crippen LogP contribution is 2.38. The minimum Gasteiger partial charge on any atom is -0.311 e. The van der Waals surface area contributed by atoms with Crippen molar-refractivity contribution in [2.45, 2.75) is 55.5 Å². The average molecular weight is 284 g/mol. The number of rotatable bonds is 3. The molecule has 2 aliphatic rings. The summed E-state index contributed by atoms with van der Waals surface area (Å²) in [6.45, 7) is 2.61. The summed E-state index contributed by atoms with van der Waals surface area (Å²) < 4.78 is 27.5. The lowest BCUT2D eigenvalue weighted by Gasteiger charge is -2.48. The number of sulfonamides is 1. The van der Waals surface area contributed by atoms with Crippen molar-refractivity contribution in [1.82, 2.24) is 20.2 Å². The molecule has 1 aliphatic heterocycles. The minimum atomic E-state index is -3.45. The van der Waals surface area contributed by atoms with Crippen LogP contribution in [0, 0.1) is 6.92 Å². The molecule has 6 nitrogen and oxygen atoms in total. The Morgan fingerprint density at radius 2 is 2.26 bits per heavy atom. The normalized spacial score (nSPS) is 26.3. The standard InChI is InChI=1S/C12H20N4O2S/c1-9-11(8-14-15-9)19(17,18)16-10-3-6-13-12(7-10)4-2-5-12/h8,10,13,16H,2-7H2,1H3,(H,14,15). The first-order valence-electron chi connectivity index (χ1n) is 6.78. The molecule has 3 N–H and O–H groups in total. The van der Waals surface area contributed by atoms with Crippen molar-refractivity contribution in [3.8, 4) is 0 Å². The van der Waals surface area contributed by atoms with Gasteiger partial charge in [0, 0.05) is 11.6 Å². The van der Waals surface area contributed by atoms with Crippen molar-refractivity contribution in [2.24, 2.45) is 0 Å². The Labute approximate surface area is 113 Å². The van der Waals surface area contributed by atoms with E-state index in [2.05, 4.69) is 20.2 Å². The van der Waals surface area contributed by atoms with Gasteiger partial charge in [-0.05, 0) is 45.6 Å². The first-order valence-corrected chi connectivity index (χ1v) is 8.26. The molecule has 1 unspecified atom stereocenters. The SMILES string of the molecule is Cc1[nH]ncc1S(=O)(=O)NC1CCNC2(CCC2)C1. The Balaban J connectivity index is 1.72. The van der Waals surface area contributed by atoms with E-state index in [9.17, 15) is 8.42 Å². The van der Waals surface area contributed by atoms with Crippen molar-refractivity contribution >= 4 is 10.0 Å². The zero-order chi connectivity index (χ0) is 13.5. The Morgan fingerprint density at radius 1 is 1.47 bits per heavy atom. The van der Waals surface area contributed by atoms with Gasteiger partial charge in [-0.3, -0.25) is 5.10 Å². The fourth-order valence-corrected chi connectivity index (χ4v) is 4.54. The van der Waals surface area contributed by atoms with Gasteiger partial charge in [0.25, 0.3) is 0 Å². The van der Waals surface area contributed by atoms with E-state index in [0.29, 0.717) is 5.69 Å². The Hall–Kier alpha value is -0.920. The molecule has 3 rings (SSSR count). The van der Waals surface area contributed by atoms with Crippen LogP contribution < -0.4 is 10.0 Å². The molecule has 1 atom stereocenters. The van der Waals surface area contributed by atoms with E-state index < -0.39 is 10.0 Å². The second-order valence-corrected chi connectivity index (χ2v) is 7.41. The van der Waals surface area contributed by atoms with Gasteiger partial charge in [0.2, 0.25) is 10.0 Å². The third kappa shape index (κ3) is 2.42. The molecule has 0 radical (unpaired) electrons. The zero-order valence-electron chi connectivity index (χ0n) is 11.1. The molecule has 7 heteroatoms. The first-order chi connectivity index (χ1) is 9.01. The molecule has 106 valence electrons. The van der Waals surface area contributed by atoms with Crippen molar-refractivity contribution in [3.63, 3.8) is 0 Å². The molecular formula is C12H20N4O2S. The van der Waals surface area contributed by atoms with E-state index in [4.69, 9.17) is 0 Å². The molecule has 1 spiro atoms. The average Bonchev–Trinajstić information content (AvgIpc) is 2.74.